The van der Waals surface area contributed by atoms with E-state index in [0.717, 1.165) is 0 Å². The molecule has 2 aromatic carbocycles. The van der Waals surface area contributed by atoms with Crippen LogP contribution < -0.4 is 5.32 Å². The number of nitrogens with zero attached hydrogens (tertiary/aromatic N) is 1. The largest absolute Gasteiger partial charge is 0.324 e. The molecule has 0 bridgehead atoms. The predicted octanol–water partition coefficient (Wildman–Crippen LogP) is 4.79. The molecule has 0 unspecified atom stereocenters. The van der Waals surface area contributed by atoms with Gasteiger partial charge in [-0.3, -0.25) is 9.69 Å². The molecule has 0 saturated heterocycles. The maximum Gasteiger partial charge on any atom is 0.238 e. The van der Waals surface area contributed by atoms with E-state index in [1.54, 1.807) is 30.0 Å². The van der Waals surface area contributed by atoms with E-state index < -0.39 is 0 Å². The first kappa shape index (κ1) is 18.1. The van der Waals surface area contributed by atoms with Crippen LogP contribution in [0.15, 0.2) is 47.4 Å². The Morgan fingerprint density at radius 2 is 1.87 bits per heavy atom. The van der Waals surface area contributed by atoms with Crippen molar-refractivity contribution >= 4 is 46.6 Å². The van der Waals surface area contributed by atoms with Gasteiger partial charge >= 0.3 is 0 Å². The summed E-state index contributed by atoms with van der Waals surface area (Å²) in [4.78, 5) is 15.3. The van der Waals surface area contributed by atoms with Crippen LogP contribution in [0.1, 0.15) is 5.56 Å². The fourth-order valence-corrected chi connectivity index (χ4v) is 2.87. The number of hydrogen-bond acceptors (Lipinski definition) is 3. The quantitative estimate of drug-likeness (QED) is 0.744. The van der Waals surface area contributed by atoms with Crippen LogP contribution in [0.25, 0.3) is 0 Å². The molecule has 0 aliphatic rings. The van der Waals surface area contributed by atoms with Crippen molar-refractivity contribution in [3.63, 3.8) is 0 Å². The molecule has 0 aliphatic carbocycles. The molecule has 0 atom stereocenters. The summed E-state index contributed by atoms with van der Waals surface area (Å²) in [5, 5.41) is 3.79. The minimum absolute atomic E-state index is 0.127. The van der Waals surface area contributed by atoms with Gasteiger partial charge in [-0.05, 0) is 49.2 Å². The van der Waals surface area contributed by atoms with Crippen LogP contribution in [-0.4, -0.2) is 30.7 Å². The third-order valence-electron chi connectivity index (χ3n) is 3.23. The number of carbonyl (C=O) groups excluding carboxylic acids is 1. The minimum atomic E-state index is -0.127. The number of anilines is 1. The van der Waals surface area contributed by atoms with Crippen LogP contribution in [0, 0.1) is 0 Å². The van der Waals surface area contributed by atoms with Gasteiger partial charge in [0.15, 0.2) is 0 Å². The van der Waals surface area contributed by atoms with Crippen LogP contribution in [0.3, 0.4) is 0 Å². The van der Waals surface area contributed by atoms with Crippen molar-refractivity contribution in [1.29, 1.82) is 0 Å². The lowest BCUT2D eigenvalue weighted by molar-refractivity contribution is -0.117. The Bertz CT molecular complexity index is 677. The molecule has 3 nitrogen and oxygen atoms in total. The van der Waals surface area contributed by atoms with E-state index >= 15 is 0 Å². The first-order chi connectivity index (χ1) is 11.0. The Labute approximate surface area is 151 Å². The fraction of sp³-hybridized carbons (Fsp3) is 0.235. The van der Waals surface area contributed by atoms with E-state index in [0.29, 0.717) is 22.3 Å². The minimum Gasteiger partial charge on any atom is -0.324 e. The van der Waals surface area contributed by atoms with Gasteiger partial charge in [0.25, 0.3) is 0 Å². The topological polar surface area (TPSA) is 32.3 Å². The second-order valence-corrected chi connectivity index (χ2v) is 6.92. The molecule has 0 heterocycles. The van der Waals surface area contributed by atoms with Crippen molar-refractivity contribution in [2.75, 3.05) is 25.2 Å². The summed E-state index contributed by atoms with van der Waals surface area (Å²) < 4.78 is 0. The smallest absolute Gasteiger partial charge is 0.238 e. The molecule has 0 saturated carbocycles. The van der Waals surface area contributed by atoms with E-state index in [2.05, 4.69) is 29.6 Å². The van der Waals surface area contributed by atoms with Gasteiger partial charge < -0.3 is 5.32 Å². The monoisotopic (exact) mass is 368 g/mol. The van der Waals surface area contributed by atoms with E-state index in [1.165, 1.54) is 10.5 Å². The Balaban J connectivity index is 1.90. The van der Waals surface area contributed by atoms with Crippen LogP contribution >= 0.6 is 35.0 Å². The molecule has 0 spiro atoms. The maximum absolute atomic E-state index is 12.1. The van der Waals surface area contributed by atoms with Gasteiger partial charge in [0, 0.05) is 16.5 Å². The highest BCUT2D eigenvalue weighted by atomic mass is 35.5. The predicted molar refractivity (Wildman–Crippen MR) is 99.6 cm³/mol. The SMILES string of the molecule is CSc1ccc(CN(C)CC(=O)Nc2cc(Cl)ccc2Cl)cc1. The lowest BCUT2D eigenvalue weighted by Crippen LogP contribution is -2.29. The summed E-state index contributed by atoms with van der Waals surface area (Å²) in [5.74, 6) is -0.127. The van der Waals surface area contributed by atoms with E-state index in [4.69, 9.17) is 23.2 Å². The second kappa shape index (κ2) is 8.60. The lowest BCUT2D eigenvalue weighted by atomic mass is 10.2. The van der Waals surface area contributed by atoms with E-state index in [1.807, 2.05) is 18.2 Å². The molecule has 1 amide bonds. The van der Waals surface area contributed by atoms with Crippen molar-refractivity contribution in [2.45, 2.75) is 11.4 Å². The first-order valence-electron chi connectivity index (χ1n) is 7.04. The Kier molecular flexibility index (Phi) is 6.78. The number of nitrogens with one attached hydrogen (secondary N) is 1. The molecule has 6 heteroatoms. The number of halogens is 2. The third-order valence-corrected chi connectivity index (χ3v) is 4.54. The summed E-state index contributed by atoms with van der Waals surface area (Å²) in [6, 6.07) is 13.3. The van der Waals surface area contributed by atoms with Crippen molar-refractivity contribution in [3.8, 4) is 0 Å². The molecule has 2 rings (SSSR count). The lowest BCUT2D eigenvalue weighted by Gasteiger charge is -2.17. The van der Waals surface area contributed by atoms with Gasteiger partial charge in [0.05, 0.1) is 17.3 Å². The molecular formula is C17H18Cl2N2OS. The summed E-state index contributed by atoms with van der Waals surface area (Å²) in [6.07, 6.45) is 2.05. The maximum atomic E-state index is 12.1. The summed E-state index contributed by atoms with van der Waals surface area (Å²) in [6.45, 7) is 0.971. The Hall–Kier alpha value is -1.20. The normalized spacial score (nSPS) is 10.8. The number of likely N-dealkylation sites (N-methyl/N-ethyl adjacent to an activating group) is 1. The van der Waals surface area contributed by atoms with Crippen molar-refractivity contribution in [2.24, 2.45) is 0 Å². The van der Waals surface area contributed by atoms with Crippen molar-refractivity contribution < 1.29 is 4.79 Å². The summed E-state index contributed by atoms with van der Waals surface area (Å²) >= 11 is 13.7. The van der Waals surface area contributed by atoms with Crippen LogP contribution in [0.5, 0.6) is 0 Å². The van der Waals surface area contributed by atoms with Crippen molar-refractivity contribution in [3.05, 3.63) is 58.1 Å². The van der Waals surface area contributed by atoms with E-state index in [9.17, 15) is 4.79 Å². The first-order valence-corrected chi connectivity index (χ1v) is 9.02. The standard InChI is InChI=1S/C17H18Cl2N2OS/c1-21(10-12-3-6-14(23-2)7-4-12)11-17(22)20-16-9-13(18)5-8-15(16)19/h3-9H,10-11H2,1-2H3,(H,20,22). The fourth-order valence-electron chi connectivity index (χ4n) is 2.13. The Morgan fingerprint density at radius 1 is 1.17 bits per heavy atom. The molecule has 2 aromatic rings. The zero-order valence-electron chi connectivity index (χ0n) is 13.0. The molecule has 23 heavy (non-hydrogen) atoms. The van der Waals surface area contributed by atoms with Gasteiger partial charge in [-0.2, -0.15) is 0 Å². The zero-order valence-corrected chi connectivity index (χ0v) is 15.3. The Morgan fingerprint density at radius 3 is 2.52 bits per heavy atom. The van der Waals surface area contributed by atoms with Crippen LogP contribution in [0.2, 0.25) is 10.0 Å². The number of hydrogen-bond donors (Lipinski definition) is 1. The van der Waals surface area contributed by atoms with Gasteiger partial charge in [0.2, 0.25) is 5.91 Å². The zero-order chi connectivity index (χ0) is 16.8. The average Bonchev–Trinajstić information content (AvgIpc) is 2.51. The van der Waals surface area contributed by atoms with Crippen LogP contribution in [-0.2, 0) is 11.3 Å². The highest BCUT2D eigenvalue weighted by molar-refractivity contribution is 7.98. The molecule has 0 radical (unpaired) electrons. The van der Waals surface area contributed by atoms with Crippen molar-refractivity contribution in [1.82, 2.24) is 4.90 Å². The third kappa shape index (κ3) is 5.74. The second-order valence-electron chi connectivity index (χ2n) is 5.19. The number of benzene rings is 2. The number of carbonyl (C=O) groups is 1. The number of amides is 1. The number of thioether (sulfide) groups is 1. The highest BCUT2D eigenvalue weighted by Crippen LogP contribution is 2.25. The molecule has 0 aromatic heterocycles. The molecule has 0 fully saturated rings. The van der Waals surface area contributed by atoms with Gasteiger partial charge in [-0.15, -0.1) is 11.8 Å². The molecular weight excluding hydrogens is 351 g/mol. The van der Waals surface area contributed by atoms with Crippen LogP contribution in [0.4, 0.5) is 5.69 Å². The summed E-state index contributed by atoms with van der Waals surface area (Å²) in [7, 11) is 1.90. The highest BCUT2D eigenvalue weighted by Gasteiger charge is 2.10. The van der Waals surface area contributed by atoms with Gasteiger partial charge in [0.1, 0.15) is 0 Å². The molecule has 122 valence electrons. The summed E-state index contributed by atoms with van der Waals surface area (Å²) in [5.41, 5.74) is 1.70. The van der Waals surface area contributed by atoms with Gasteiger partial charge in [-0.25, -0.2) is 0 Å². The molecule has 0 aliphatic heterocycles. The average molecular weight is 369 g/mol. The number of rotatable bonds is 6. The van der Waals surface area contributed by atoms with E-state index in [-0.39, 0.29) is 12.5 Å². The van der Waals surface area contributed by atoms with Gasteiger partial charge in [-0.1, -0.05) is 35.3 Å². The molecule has 1 N–H and O–H groups in total.